The molecule has 3 nitrogen and oxygen atoms in total. The second-order valence-corrected chi connectivity index (χ2v) is 7.74. The minimum Gasteiger partial charge on any atom is -0.208 e. The van der Waals surface area contributed by atoms with E-state index in [9.17, 15) is 8.42 Å². The Morgan fingerprint density at radius 3 is 2.27 bits per heavy atom. The van der Waals surface area contributed by atoms with Gasteiger partial charge in [0.15, 0.2) is 0 Å². The molecule has 0 amide bonds. The van der Waals surface area contributed by atoms with Crippen LogP contribution in [-0.4, -0.2) is 8.42 Å². The average molecular weight is 401 g/mol. The summed E-state index contributed by atoms with van der Waals surface area (Å²) < 4.78 is 27.7. The Labute approximate surface area is 144 Å². The molecule has 0 aliphatic heterocycles. The van der Waals surface area contributed by atoms with Gasteiger partial charge in [-0.25, -0.2) is 13.1 Å². The van der Waals surface area contributed by atoms with Gasteiger partial charge in [0, 0.05) is 20.9 Å². The van der Waals surface area contributed by atoms with Gasteiger partial charge in [0.2, 0.25) is 10.0 Å². The maximum Gasteiger partial charge on any atom is 0.234 e. The van der Waals surface area contributed by atoms with Crippen LogP contribution in [0.4, 0.5) is 0 Å². The largest absolute Gasteiger partial charge is 0.234 e. The van der Waals surface area contributed by atoms with E-state index >= 15 is 0 Å². The van der Waals surface area contributed by atoms with Crippen molar-refractivity contribution in [3.63, 3.8) is 0 Å². The third kappa shape index (κ3) is 5.25. The van der Waals surface area contributed by atoms with Crippen LogP contribution in [0, 0.1) is 0 Å². The van der Waals surface area contributed by atoms with E-state index in [1.165, 1.54) is 6.08 Å². The summed E-state index contributed by atoms with van der Waals surface area (Å²) >= 11 is 9.14. The van der Waals surface area contributed by atoms with Crippen LogP contribution in [0.15, 0.2) is 58.4 Å². The number of rotatable bonds is 5. The van der Waals surface area contributed by atoms with Crippen LogP contribution >= 0.6 is 27.5 Å². The minimum atomic E-state index is -3.52. The molecule has 0 saturated carbocycles. The molecule has 0 aliphatic rings. The van der Waals surface area contributed by atoms with Gasteiger partial charge >= 0.3 is 0 Å². The molecule has 0 spiro atoms. The SMILES string of the molecule is C[C@H](NS(=O)(=O)/C=C/c1ccc(Cl)cc1)c1ccc(Br)cc1. The van der Waals surface area contributed by atoms with E-state index < -0.39 is 10.0 Å². The van der Waals surface area contributed by atoms with Crippen molar-refractivity contribution in [2.75, 3.05) is 0 Å². The van der Waals surface area contributed by atoms with E-state index in [1.807, 2.05) is 24.3 Å². The van der Waals surface area contributed by atoms with Gasteiger partial charge in [-0.2, -0.15) is 0 Å². The first-order chi connectivity index (χ1) is 10.4. The number of hydrogen-bond donors (Lipinski definition) is 1. The van der Waals surface area contributed by atoms with Crippen LogP contribution in [0.2, 0.25) is 5.02 Å². The van der Waals surface area contributed by atoms with Crippen LogP contribution in [0.5, 0.6) is 0 Å². The summed E-state index contributed by atoms with van der Waals surface area (Å²) in [6, 6.07) is 14.1. The number of nitrogens with one attached hydrogen (secondary N) is 1. The van der Waals surface area contributed by atoms with E-state index in [1.54, 1.807) is 31.2 Å². The zero-order chi connectivity index (χ0) is 16.2. The number of halogens is 2. The summed E-state index contributed by atoms with van der Waals surface area (Å²) in [5, 5.41) is 1.77. The molecule has 0 heterocycles. The van der Waals surface area contributed by atoms with E-state index in [2.05, 4.69) is 20.7 Å². The number of hydrogen-bond acceptors (Lipinski definition) is 2. The molecule has 1 atom stereocenters. The molecule has 0 bridgehead atoms. The number of benzene rings is 2. The van der Waals surface area contributed by atoms with Crippen molar-refractivity contribution >= 4 is 43.6 Å². The highest BCUT2D eigenvalue weighted by atomic mass is 79.9. The lowest BCUT2D eigenvalue weighted by Gasteiger charge is -2.12. The maximum atomic E-state index is 12.1. The highest BCUT2D eigenvalue weighted by Crippen LogP contribution is 2.18. The van der Waals surface area contributed by atoms with Gasteiger partial charge in [0.05, 0.1) is 0 Å². The van der Waals surface area contributed by atoms with Crippen molar-refractivity contribution in [3.8, 4) is 0 Å². The smallest absolute Gasteiger partial charge is 0.208 e. The molecule has 0 aliphatic carbocycles. The quantitative estimate of drug-likeness (QED) is 0.787. The summed E-state index contributed by atoms with van der Waals surface area (Å²) in [5.74, 6) is 0. The number of sulfonamides is 1. The molecule has 116 valence electrons. The van der Waals surface area contributed by atoms with Crippen molar-refractivity contribution in [2.45, 2.75) is 13.0 Å². The molecule has 0 unspecified atom stereocenters. The van der Waals surface area contributed by atoms with Crippen molar-refractivity contribution in [3.05, 3.63) is 74.6 Å². The standard InChI is InChI=1S/C16H15BrClNO2S/c1-12(14-4-6-15(17)7-5-14)19-22(20,21)11-10-13-2-8-16(18)9-3-13/h2-12,19H,1H3/b11-10+/t12-/m0/s1. The zero-order valence-electron chi connectivity index (χ0n) is 11.8. The van der Waals surface area contributed by atoms with Gasteiger partial charge in [-0.05, 0) is 48.4 Å². The lowest BCUT2D eigenvalue weighted by atomic mass is 10.1. The summed E-state index contributed by atoms with van der Waals surface area (Å²) in [5.41, 5.74) is 1.66. The van der Waals surface area contributed by atoms with Crippen LogP contribution < -0.4 is 4.72 Å². The summed E-state index contributed by atoms with van der Waals surface area (Å²) in [4.78, 5) is 0. The lowest BCUT2D eigenvalue weighted by Crippen LogP contribution is -2.24. The fourth-order valence-electron chi connectivity index (χ4n) is 1.85. The molecule has 0 fully saturated rings. The highest BCUT2D eigenvalue weighted by molar-refractivity contribution is 9.10. The maximum absolute atomic E-state index is 12.1. The highest BCUT2D eigenvalue weighted by Gasteiger charge is 2.12. The van der Waals surface area contributed by atoms with Crippen molar-refractivity contribution in [2.24, 2.45) is 0 Å². The Hall–Kier alpha value is -1.14. The van der Waals surface area contributed by atoms with Gasteiger partial charge < -0.3 is 0 Å². The van der Waals surface area contributed by atoms with E-state index in [-0.39, 0.29) is 6.04 Å². The topological polar surface area (TPSA) is 46.2 Å². The molecular formula is C16H15BrClNO2S. The van der Waals surface area contributed by atoms with Crippen LogP contribution in [-0.2, 0) is 10.0 Å². The normalized spacial score (nSPS) is 13.4. The first-order valence-electron chi connectivity index (χ1n) is 6.57. The zero-order valence-corrected chi connectivity index (χ0v) is 15.0. The lowest BCUT2D eigenvalue weighted by molar-refractivity contribution is 0.576. The first-order valence-corrected chi connectivity index (χ1v) is 9.29. The molecule has 2 aromatic rings. The molecule has 2 aromatic carbocycles. The first kappa shape index (κ1) is 17.2. The second-order valence-electron chi connectivity index (χ2n) is 4.79. The van der Waals surface area contributed by atoms with Gasteiger partial charge in [-0.1, -0.05) is 51.8 Å². The molecule has 6 heteroatoms. The van der Waals surface area contributed by atoms with Crippen LogP contribution in [0.25, 0.3) is 6.08 Å². The second kappa shape index (κ2) is 7.42. The predicted octanol–water partition coefficient (Wildman–Crippen LogP) is 4.75. The minimum absolute atomic E-state index is 0.312. The fourth-order valence-corrected chi connectivity index (χ4v) is 3.28. The molecule has 1 N–H and O–H groups in total. The summed E-state index contributed by atoms with van der Waals surface area (Å²) in [6.45, 7) is 1.80. The summed E-state index contributed by atoms with van der Waals surface area (Å²) in [7, 11) is -3.52. The van der Waals surface area contributed by atoms with Crippen LogP contribution in [0.1, 0.15) is 24.1 Å². The Morgan fingerprint density at radius 1 is 1.09 bits per heavy atom. The van der Waals surface area contributed by atoms with Gasteiger partial charge in [0.1, 0.15) is 0 Å². The third-order valence-electron chi connectivity index (χ3n) is 3.02. The predicted molar refractivity (Wildman–Crippen MR) is 95.1 cm³/mol. The van der Waals surface area contributed by atoms with Crippen LogP contribution in [0.3, 0.4) is 0 Å². The Bertz CT molecular complexity index is 756. The molecule has 0 aromatic heterocycles. The molecule has 22 heavy (non-hydrogen) atoms. The van der Waals surface area contributed by atoms with E-state index in [0.29, 0.717) is 5.02 Å². The monoisotopic (exact) mass is 399 g/mol. The third-order valence-corrected chi connectivity index (χ3v) is 4.98. The van der Waals surface area contributed by atoms with E-state index in [4.69, 9.17) is 11.6 Å². The Kier molecular flexibility index (Phi) is 5.81. The van der Waals surface area contributed by atoms with Gasteiger partial charge in [-0.3, -0.25) is 0 Å². The Balaban J connectivity index is 2.07. The Morgan fingerprint density at radius 2 is 1.68 bits per heavy atom. The van der Waals surface area contributed by atoms with Gasteiger partial charge in [0.25, 0.3) is 0 Å². The summed E-state index contributed by atoms with van der Waals surface area (Å²) in [6.07, 6.45) is 1.53. The van der Waals surface area contributed by atoms with Gasteiger partial charge in [-0.15, -0.1) is 0 Å². The molecular weight excluding hydrogens is 386 g/mol. The van der Waals surface area contributed by atoms with E-state index in [0.717, 1.165) is 21.0 Å². The van der Waals surface area contributed by atoms with Crippen molar-refractivity contribution < 1.29 is 8.42 Å². The van der Waals surface area contributed by atoms with Crippen molar-refractivity contribution in [1.29, 1.82) is 0 Å². The molecule has 0 saturated heterocycles. The van der Waals surface area contributed by atoms with Crippen molar-refractivity contribution in [1.82, 2.24) is 4.72 Å². The molecule has 2 rings (SSSR count). The molecule has 0 radical (unpaired) electrons. The average Bonchev–Trinajstić information content (AvgIpc) is 2.47. The fraction of sp³-hybridized carbons (Fsp3) is 0.125.